The summed E-state index contributed by atoms with van der Waals surface area (Å²) in [6, 6.07) is 0. The van der Waals surface area contributed by atoms with Crippen LogP contribution in [-0.4, -0.2) is 99.4 Å². The summed E-state index contributed by atoms with van der Waals surface area (Å²) in [5.74, 6) is 6.37. The molecular formula is C52H85K2N2O14PSi2. The standard InChI is InChI=1S/C17H28O2Si.C16H28O3Si.C11H14O2.C7H13N2O4P.CH2O3.2K.H/c1-7-9-17-10-8-13(14(18)12-17)11-15(17)19-20(5,6)16(2,3)4;1-15(2,3)20(4,5)19-14-10-12-6-7-16(14,8-9-17)11-13(12)18;1-2-4-11-5-3-8(6-10(11)13)9(12)7-11;1-4-12-14(11,13-5-2)7(9-8)6(3)10;2-1-4-3;;;/h1,13,15H,8-12H2,2-6H3;9,12,14H,6-8,10-11H2,1-5H3;1,8,10,13H,3-7H2;4-5H2,1-3H3;1,3H;;;/q;;;;;2*+1;-1/p-1. The number of ketones is 4. The summed E-state index contributed by atoms with van der Waals surface area (Å²) in [4.78, 5) is 71.7. The van der Waals surface area contributed by atoms with Crippen molar-refractivity contribution >= 4 is 65.6 Å². The number of fused-ring (bicyclic) bond motifs is 9. The van der Waals surface area contributed by atoms with Crippen LogP contribution in [0.1, 0.15) is 160 Å². The monoisotopic (exact) mass is 1130 g/mol. The molecule has 1 N–H and O–H groups in total. The van der Waals surface area contributed by atoms with Gasteiger partial charge in [-0.05, 0) is 108 Å². The molecule has 9 aliphatic carbocycles. The molecule has 9 saturated carbocycles. The Balaban J connectivity index is 0. The van der Waals surface area contributed by atoms with Crippen LogP contribution in [0.4, 0.5) is 0 Å². The maximum atomic E-state index is 12.1. The minimum atomic E-state index is -3.74. The van der Waals surface area contributed by atoms with E-state index < -0.39 is 35.5 Å². The summed E-state index contributed by atoms with van der Waals surface area (Å²) < 4.78 is 34.7. The Labute approximate surface area is 525 Å². The number of aliphatic hydroxyl groups excluding tert-OH is 1. The molecule has 0 aliphatic heterocycles. The van der Waals surface area contributed by atoms with E-state index in [9.17, 15) is 33.6 Å². The Morgan fingerprint density at radius 3 is 1.47 bits per heavy atom. The average molecular weight is 1130 g/mol. The average Bonchev–Trinajstić information content (AvgIpc) is 3.26. The van der Waals surface area contributed by atoms with Crippen molar-refractivity contribution in [3.63, 3.8) is 0 Å². The number of hydrogen-bond acceptors (Lipinski definition) is 14. The van der Waals surface area contributed by atoms with E-state index in [-0.39, 0.29) is 186 Å². The van der Waals surface area contributed by atoms with Gasteiger partial charge in [0.25, 0.3) is 6.47 Å². The smallest absolute Gasteiger partial charge is 1.00 e. The molecule has 0 aromatic rings. The van der Waals surface area contributed by atoms with Crippen LogP contribution in [0.25, 0.3) is 5.53 Å². The van der Waals surface area contributed by atoms with Gasteiger partial charge in [-0.3, -0.25) is 24.0 Å². The molecule has 0 radical (unpaired) electrons. The van der Waals surface area contributed by atoms with E-state index in [1.54, 1.807) is 13.8 Å². The van der Waals surface area contributed by atoms with Gasteiger partial charge in [0.15, 0.2) is 16.6 Å². The number of terminal acetylenes is 2. The van der Waals surface area contributed by atoms with Crippen LogP contribution >= 0.6 is 7.60 Å². The Bertz CT molecular complexity index is 2090. The molecule has 16 nitrogen and oxygen atoms in total. The van der Waals surface area contributed by atoms with Crippen LogP contribution in [0.2, 0.25) is 36.3 Å². The van der Waals surface area contributed by atoms with Gasteiger partial charge in [-0.15, -0.1) is 24.7 Å². The molecule has 0 saturated heterocycles. The Morgan fingerprint density at radius 1 is 0.781 bits per heavy atom. The van der Waals surface area contributed by atoms with Crippen LogP contribution < -0.4 is 108 Å². The third-order valence-corrected chi connectivity index (χ3v) is 27.8. The number of rotatable bonds is 15. The number of carbonyl (C=O) groups excluding carboxylic acids is 6. The van der Waals surface area contributed by atoms with Crippen molar-refractivity contribution in [1.29, 1.82) is 0 Å². The minimum Gasteiger partial charge on any atom is -1.00 e. The zero-order valence-corrected chi connectivity index (χ0v) is 56.0. The van der Waals surface area contributed by atoms with E-state index >= 15 is 0 Å². The molecule has 73 heavy (non-hydrogen) atoms. The SMILES string of the molecule is C#CCC12CCC(CC1O)C(=O)C2.C#CCC12CCC(CC1O[Si](C)(C)C(C)(C)C)C(=O)C2.CC(C)(C)[Si](C)(C)OC1CC2CCC1(CC=O)CC2=O.CCOP(=O)(OCC)C(=[N+]=[N-])C(C)=O.O=CO[O-].[H-].[K+].[K+]. The Hall–Kier alpha value is 0.0165. The molecule has 0 heterocycles. The molecular weight excluding hydrogens is 1040 g/mol. The number of hydrogen-bond donors (Lipinski definition) is 1. The maximum absolute atomic E-state index is 12.1. The van der Waals surface area contributed by atoms with Crippen molar-refractivity contribution < 1.29 is 175 Å². The Kier molecular flexibility index (Phi) is 31.1. The zero-order valence-electron chi connectivity index (χ0n) is 47.9. The van der Waals surface area contributed by atoms with Gasteiger partial charge in [0.05, 0.1) is 31.5 Å². The van der Waals surface area contributed by atoms with Crippen molar-refractivity contribution in [1.82, 2.24) is 0 Å². The number of Topliss-reactive ketones (excluding diaryl/α,β-unsaturated/α-hetero) is 4. The quantitative estimate of drug-likeness (QED) is 0.0285. The minimum absolute atomic E-state index is 0. The molecule has 6 bridgehead atoms. The summed E-state index contributed by atoms with van der Waals surface area (Å²) in [5, 5.41) is 18.6. The van der Waals surface area contributed by atoms with Gasteiger partial charge in [-0.1, -0.05) is 41.5 Å². The molecule has 9 unspecified atom stereocenters. The number of nitrogens with zero attached hydrogens (tertiary/aromatic N) is 2. The van der Waals surface area contributed by atoms with Gasteiger partial charge >= 0.3 is 116 Å². The normalized spacial score (nSPS) is 28.8. The van der Waals surface area contributed by atoms with Gasteiger partial charge in [-0.2, -0.15) is 4.79 Å². The van der Waals surface area contributed by atoms with Crippen molar-refractivity contribution in [2.45, 2.75) is 213 Å². The van der Waals surface area contributed by atoms with Crippen LogP contribution in [0, 0.1) is 58.7 Å². The second kappa shape index (κ2) is 31.1. The predicted molar refractivity (Wildman–Crippen MR) is 274 cm³/mol. The molecule has 9 rings (SSSR count). The molecule has 21 heteroatoms. The first-order valence-electron chi connectivity index (χ1n) is 25.1. The van der Waals surface area contributed by atoms with Gasteiger partial charge in [0.2, 0.25) is 5.78 Å². The largest absolute Gasteiger partial charge is 1.00 e. The zero-order chi connectivity index (χ0) is 54.4. The number of aldehydes is 1. The fraction of sp³-hybridized carbons (Fsp3) is 0.788. The third-order valence-electron chi connectivity index (χ3n) is 16.7. The predicted octanol–water partition coefficient (Wildman–Crippen LogP) is 3.04. The molecule has 9 fully saturated rings. The van der Waals surface area contributed by atoms with Crippen molar-refractivity contribution in [2.24, 2.45) is 34.0 Å². The van der Waals surface area contributed by atoms with Crippen LogP contribution in [0.3, 0.4) is 0 Å². The summed E-state index contributed by atoms with van der Waals surface area (Å²) in [6.07, 6.45) is 23.4. The molecule has 0 aromatic heterocycles. The fourth-order valence-electron chi connectivity index (χ4n) is 10.4. The molecule has 0 amide bonds. The van der Waals surface area contributed by atoms with E-state index in [1.165, 1.54) is 0 Å². The van der Waals surface area contributed by atoms with Gasteiger partial charge in [0, 0.05) is 79.4 Å². The maximum Gasteiger partial charge on any atom is 1.00 e. The molecule has 0 aromatic carbocycles. The van der Waals surface area contributed by atoms with E-state index in [1.807, 2.05) is 0 Å². The first-order valence-corrected chi connectivity index (χ1v) is 32.5. The molecule has 9 aliphatic rings. The van der Waals surface area contributed by atoms with E-state index in [4.69, 9.17) is 46.3 Å². The summed E-state index contributed by atoms with van der Waals surface area (Å²) in [6.45, 7) is 26.9. The van der Waals surface area contributed by atoms with E-state index in [0.29, 0.717) is 62.3 Å². The second-order valence-electron chi connectivity index (χ2n) is 23.3. The molecule has 9 atom stereocenters. The third kappa shape index (κ3) is 19.1. The number of aliphatic hydroxyl groups is 1. The van der Waals surface area contributed by atoms with Crippen molar-refractivity contribution in [3.05, 3.63) is 5.53 Å². The second-order valence-corrected chi connectivity index (χ2v) is 34.8. The summed E-state index contributed by atoms with van der Waals surface area (Å²) in [7, 11) is -7.40. The molecule has 0 spiro atoms. The molecule has 402 valence electrons. The topological polar surface area (TPSA) is 245 Å². The Morgan fingerprint density at radius 2 is 1.14 bits per heavy atom. The first kappa shape index (κ1) is 73.0. The fourth-order valence-corrected chi connectivity index (χ4v) is 14.7. The van der Waals surface area contributed by atoms with Crippen LogP contribution in [-0.2, 0) is 56.1 Å². The van der Waals surface area contributed by atoms with E-state index in [0.717, 1.165) is 64.6 Å². The van der Waals surface area contributed by atoms with Crippen molar-refractivity contribution in [3.8, 4) is 24.7 Å². The van der Waals surface area contributed by atoms with Gasteiger partial charge < -0.3 is 44.9 Å². The van der Waals surface area contributed by atoms with Crippen LogP contribution in [0.5, 0.6) is 0 Å². The van der Waals surface area contributed by atoms with E-state index in [2.05, 4.69) is 89.2 Å². The van der Waals surface area contributed by atoms with Gasteiger partial charge in [-0.25, -0.2) is 4.57 Å². The summed E-state index contributed by atoms with van der Waals surface area (Å²) in [5.41, 5.74) is 7.41. The van der Waals surface area contributed by atoms with Gasteiger partial charge in [0.1, 0.15) is 23.6 Å². The van der Waals surface area contributed by atoms with Crippen molar-refractivity contribution in [2.75, 3.05) is 13.2 Å². The van der Waals surface area contributed by atoms with Crippen LogP contribution in [0.15, 0.2) is 0 Å². The number of carbonyl (C=O) groups is 6. The summed E-state index contributed by atoms with van der Waals surface area (Å²) >= 11 is 0. The first-order chi connectivity index (χ1) is 32.8.